The molecule has 0 radical (unpaired) electrons. The molecule has 1 amide bonds. The van der Waals surface area contributed by atoms with Gasteiger partial charge in [0, 0.05) is 5.56 Å². The van der Waals surface area contributed by atoms with Crippen molar-refractivity contribution in [2.75, 3.05) is 0 Å². The zero-order valence-corrected chi connectivity index (χ0v) is 14.4. The van der Waals surface area contributed by atoms with Gasteiger partial charge in [-0.05, 0) is 63.7 Å². The van der Waals surface area contributed by atoms with Crippen molar-refractivity contribution in [3.8, 4) is 0 Å². The van der Waals surface area contributed by atoms with Gasteiger partial charge < -0.3 is 15.0 Å². The molecule has 5 heteroatoms. The molecule has 0 aromatic heterocycles. The molecule has 0 bridgehead atoms. The normalized spacial score (nSPS) is 19.5. The van der Waals surface area contributed by atoms with Gasteiger partial charge in [0.05, 0.1) is 11.2 Å². The molecule has 1 heterocycles. The Balaban J connectivity index is 2.48. The molecule has 2 rings (SSSR count). The lowest BCUT2D eigenvalue weighted by molar-refractivity contribution is 0.00578. The topological polar surface area (TPSA) is 61.6 Å². The van der Waals surface area contributed by atoms with Gasteiger partial charge in [0.1, 0.15) is 0 Å². The summed E-state index contributed by atoms with van der Waals surface area (Å²) in [6.45, 7) is 12.2. The highest BCUT2D eigenvalue weighted by Gasteiger charge is 2.52. The SMILES string of the molecule is CCCc1c(B2OC(C)(C)C(C)(C)O2)ccc(C(N)=O)c1C. The molecule has 4 nitrogen and oxygen atoms in total. The number of benzene rings is 1. The van der Waals surface area contributed by atoms with Crippen molar-refractivity contribution in [3.63, 3.8) is 0 Å². The molecule has 0 spiro atoms. The van der Waals surface area contributed by atoms with E-state index in [2.05, 4.69) is 6.92 Å². The van der Waals surface area contributed by atoms with Crippen molar-refractivity contribution >= 4 is 18.5 Å². The Kier molecular flexibility index (Phi) is 4.42. The summed E-state index contributed by atoms with van der Waals surface area (Å²) in [5.74, 6) is -0.393. The molecule has 1 aliphatic rings. The summed E-state index contributed by atoms with van der Waals surface area (Å²) >= 11 is 0. The Morgan fingerprint density at radius 3 is 2.18 bits per heavy atom. The van der Waals surface area contributed by atoms with E-state index in [9.17, 15) is 4.79 Å². The number of hydrogen-bond donors (Lipinski definition) is 1. The van der Waals surface area contributed by atoms with E-state index in [4.69, 9.17) is 15.0 Å². The summed E-state index contributed by atoms with van der Waals surface area (Å²) in [5.41, 5.74) is 8.33. The average Bonchev–Trinajstić information content (AvgIpc) is 2.60. The lowest BCUT2D eigenvalue weighted by Crippen LogP contribution is -2.41. The number of carbonyl (C=O) groups is 1. The Labute approximate surface area is 133 Å². The maximum atomic E-state index is 11.6. The van der Waals surface area contributed by atoms with Crippen molar-refractivity contribution in [1.29, 1.82) is 0 Å². The van der Waals surface area contributed by atoms with Crippen molar-refractivity contribution in [2.24, 2.45) is 5.73 Å². The van der Waals surface area contributed by atoms with Crippen LogP contribution in [0.1, 0.15) is 62.5 Å². The summed E-state index contributed by atoms with van der Waals surface area (Å²) in [6, 6.07) is 3.69. The Bertz CT molecular complexity index is 580. The summed E-state index contributed by atoms with van der Waals surface area (Å²) in [4.78, 5) is 11.6. The van der Waals surface area contributed by atoms with Gasteiger partial charge in [-0.2, -0.15) is 0 Å². The van der Waals surface area contributed by atoms with Crippen LogP contribution in [0, 0.1) is 6.92 Å². The molecule has 120 valence electrons. The Hall–Kier alpha value is -1.33. The van der Waals surface area contributed by atoms with Crippen LogP contribution < -0.4 is 11.2 Å². The first-order valence-corrected chi connectivity index (χ1v) is 7.88. The van der Waals surface area contributed by atoms with E-state index in [0.29, 0.717) is 5.56 Å². The zero-order chi connectivity index (χ0) is 16.7. The summed E-state index contributed by atoms with van der Waals surface area (Å²) in [6.07, 6.45) is 1.85. The van der Waals surface area contributed by atoms with Crippen LogP contribution in [0.25, 0.3) is 0 Å². The van der Waals surface area contributed by atoms with Gasteiger partial charge in [-0.3, -0.25) is 4.79 Å². The van der Waals surface area contributed by atoms with Crippen LogP contribution in [0.2, 0.25) is 0 Å². The third-order valence-electron chi connectivity index (χ3n) is 4.91. The average molecular weight is 303 g/mol. The van der Waals surface area contributed by atoms with Crippen LogP contribution in [0.4, 0.5) is 0 Å². The molecule has 0 unspecified atom stereocenters. The molecule has 0 aliphatic carbocycles. The van der Waals surface area contributed by atoms with Crippen LogP contribution in [0.3, 0.4) is 0 Å². The van der Waals surface area contributed by atoms with Crippen LogP contribution >= 0.6 is 0 Å². The maximum absolute atomic E-state index is 11.6. The second kappa shape index (κ2) is 5.71. The molecule has 0 atom stereocenters. The molecule has 1 aliphatic heterocycles. The second-order valence-corrected chi connectivity index (χ2v) is 7.01. The number of carbonyl (C=O) groups excluding carboxylic acids is 1. The smallest absolute Gasteiger partial charge is 0.399 e. The van der Waals surface area contributed by atoms with Crippen molar-refractivity contribution in [2.45, 2.75) is 65.6 Å². The fraction of sp³-hybridized carbons (Fsp3) is 0.588. The molecule has 22 heavy (non-hydrogen) atoms. The monoisotopic (exact) mass is 303 g/mol. The van der Waals surface area contributed by atoms with E-state index >= 15 is 0 Å². The van der Waals surface area contributed by atoms with Gasteiger partial charge in [0.25, 0.3) is 0 Å². The van der Waals surface area contributed by atoms with Gasteiger partial charge in [-0.25, -0.2) is 0 Å². The molecule has 1 aromatic carbocycles. The quantitative estimate of drug-likeness (QED) is 0.869. The van der Waals surface area contributed by atoms with Crippen LogP contribution in [0.15, 0.2) is 12.1 Å². The first-order valence-electron chi connectivity index (χ1n) is 7.88. The number of rotatable bonds is 4. The fourth-order valence-electron chi connectivity index (χ4n) is 2.82. The van der Waals surface area contributed by atoms with Crippen molar-refractivity contribution < 1.29 is 14.1 Å². The number of amides is 1. The van der Waals surface area contributed by atoms with Gasteiger partial charge in [0.2, 0.25) is 5.91 Å². The minimum atomic E-state index is -0.410. The van der Waals surface area contributed by atoms with Crippen LogP contribution in [0.5, 0.6) is 0 Å². The molecular weight excluding hydrogens is 277 g/mol. The maximum Gasteiger partial charge on any atom is 0.495 e. The van der Waals surface area contributed by atoms with Gasteiger partial charge in [0.15, 0.2) is 0 Å². The highest BCUT2D eigenvalue weighted by Crippen LogP contribution is 2.37. The predicted molar refractivity (Wildman–Crippen MR) is 89.4 cm³/mol. The van der Waals surface area contributed by atoms with E-state index in [1.165, 1.54) is 0 Å². The molecule has 1 aromatic rings. The Morgan fingerprint density at radius 1 is 1.18 bits per heavy atom. The lowest BCUT2D eigenvalue weighted by Gasteiger charge is -2.32. The minimum absolute atomic E-state index is 0.378. The molecule has 1 saturated heterocycles. The third kappa shape index (κ3) is 2.80. The summed E-state index contributed by atoms with van der Waals surface area (Å²) in [5, 5.41) is 0. The predicted octanol–water partition coefficient (Wildman–Crippen LogP) is 2.35. The molecule has 2 N–H and O–H groups in total. The number of primary amides is 1. The lowest BCUT2D eigenvalue weighted by atomic mass is 9.73. The van der Waals surface area contributed by atoms with Crippen LogP contribution in [-0.4, -0.2) is 24.2 Å². The first kappa shape index (κ1) is 17.0. The molecule has 1 fully saturated rings. The van der Waals surface area contributed by atoms with Crippen molar-refractivity contribution in [1.82, 2.24) is 0 Å². The zero-order valence-electron chi connectivity index (χ0n) is 14.4. The van der Waals surface area contributed by atoms with E-state index < -0.39 is 13.0 Å². The van der Waals surface area contributed by atoms with E-state index in [-0.39, 0.29) is 11.2 Å². The standard InChI is InChI=1S/C17H26BNO3/c1-7-8-12-11(2)13(15(19)20)9-10-14(12)18-21-16(3,4)17(5,6)22-18/h9-10H,7-8H2,1-6H3,(H2,19,20). The van der Waals surface area contributed by atoms with Gasteiger partial charge in [-0.1, -0.05) is 19.4 Å². The summed E-state index contributed by atoms with van der Waals surface area (Å²) < 4.78 is 12.3. The minimum Gasteiger partial charge on any atom is -0.399 e. The van der Waals surface area contributed by atoms with Gasteiger partial charge in [-0.15, -0.1) is 0 Å². The van der Waals surface area contributed by atoms with E-state index in [1.54, 1.807) is 6.07 Å². The highest BCUT2D eigenvalue weighted by atomic mass is 16.7. The number of hydrogen-bond acceptors (Lipinski definition) is 3. The van der Waals surface area contributed by atoms with Gasteiger partial charge >= 0.3 is 7.12 Å². The van der Waals surface area contributed by atoms with E-state index in [1.807, 2.05) is 40.7 Å². The Morgan fingerprint density at radius 2 is 1.73 bits per heavy atom. The molecular formula is C17H26BNO3. The third-order valence-corrected chi connectivity index (χ3v) is 4.91. The highest BCUT2D eigenvalue weighted by molar-refractivity contribution is 6.62. The number of nitrogens with two attached hydrogens (primary N) is 1. The van der Waals surface area contributed by atoms with Crippen LogP contribution in [-0.2, 0) is 15.7 Å². The molecule has 0 saturated carbocycles. The van der Waals surface area contributed by atoms with Crippen molar-refractivity contribution in [3.05, 3.63) is 28.8 Å². The largest absolute Gasteiger partial charge is 0.495 e. The fourth-order valence-corrected chi connectivity index (χ4v) is 2.82. The van der Waals surface area contributed by atoms with E-state index in [0.717, 1.165) is 29.4 Å². The summed E-state index contributed by atoms with van der Waals surface area (Å²) in [7, 11) is -0.410. The second-order valence-electron chi connectivity index (χ2n) is 7.01. The first-order chi connectivity index (χ1) is 10.1.